The van der Waals surface area contributed by atoms with Crippen LogP contribution >= 0.6 is 0 Å². The van der Waals surface area contributed by atoms with E-state index in [1.54, 1.807) is 0 Å². The van der Waals surface area contributed by atoms with Crippen molar-refractivity contribution in [3.63, 3.8) is 0 Å². The first-order valence-electron chi connectivity index (χ1n) is 4.52. The largest absolute Gasteiger partial charge is 0.432 e. The Bertz CT molecular complexity index is 203. The highest BCUT2D eigenvalue weighted by molar-refractivity contribution is 5.87. The van der Waals surface area contributed by atoms with E-state index < -0.39 is 11.6 Å². The van der Waals surface area contributed by atoms with Gasteiger partial charge in [-0.1, -0.05) is 13.5 Å². The van der Waals surface area contributed by atoms with Gasteiger partial charge in [-0.25, -0.2) is 9.68 Å². The van der Waals surface area contributed by atoms with Crippen LogP contribution in [0.4, 0.5) is 0 Å². The molecule has 0 unspecified atom stereocenters. The van der Waals surface area contributed by atoms with E-state index in [4.69, 9.17) is 9.62 Å². The van der Waals surface area contributed by atoms with Crippen LogP contribution in [0.3, 0.4) is 0 Å². The van der Waals surface area contributed by atoms with Crippen molar-refractivity contribution in [1.82, 2.24) is 0 Å². The highest BCUT2D eigenvalue weighted by Gasteiger charge is 2.12. The fourth-order valence-corrected chi connectivity index (χ4v) is 0.525. The summed E-state index contributed by atoms with van der Waals surface area (Å²) < 4.78 is 4.70. The molecule has 14 heavy (non-hydrogen) atoms. The summed E-state index contributed by atoms with van der Waals surface area (Å²) >= 11 is 0. The average molecular weight is 202 g/mol. The second kappa shape index (κ2) is 5.78. The Kier molecular flexibility index (Phi) is 5.42. The lowest BCUT2D eigenvalue weighted by Gasteiger charge is -2.17. The lowest BCUT2D eigenvalue weighted by molar-refractivity contribution is -0.375. The second-order valence-corrected chi connectivity index (χ2v) is 3.82. The van der Waals surface area contributed by atoms with Crippen LogP contribution in [0.15, 0.2) is 12.2 Å². The molecule has 0 aromatic heterocycles. The normalized spacial score (nSPS) is 11.1. The third kappa shape index (κ3) is 6.62. The minimum atomic E-state index is -0.454. The third-order valence-electron chi connectivity index (χ3n) is 1.26. The van der Waals surface area contributed by atoms with Crippen molar-refractivity contribution in [2.45, 2.75) is 39.7 Å². The first-order valence-corrected chi connectivity index (χ1v) is 4.52. The Morgan fingerprint density at radius 2 is 1.93 bits per heavy atom. The molecule has 0 heterocycles. The number of hydrogen-bond donors (Lipinski definition) is 0. The number of carbonyl (C=O) groups excluding carboxylic acids is 1. The molecule has 0 aromatic rings. The van der Waals surface area contributed by atoms with E-state index in [0.717, 1.165) is 0 Å². The van der Waals surface area contributed by atoms with Crippen molar-refractivity contribution in [3.05, 3.63) is 12.2 Å². The minimum Gasteiger partial charge on any atom is -0.432 e. The SMILES string of the molecule is C=C(CC)C(=O)OCOOC(C)(C)C. The van der Waals surface area contributed by atoms with Crippen molar-refractivity contribution in [2.24, 2.45) is 0 Å². The van der Waals surface area contributed by atoms with Crippen molar-refractivity contribution < 1.29 is 19.3 Å². The minimum absolute atomic E-state index is 0.213. The third-order valence-corrected chi connectivity index (χ3v) is 1.26. The van der Waals surface area contributed by atoms with Gasteiger partial charge in [0.05, 0.1) is 5.60 Å². The molecule has 0 bridgehead atoms. The zero-order valence-electron chi connectivity index (χ0n) is 9.25. The van der Waals surface area contributed by atoms with Crippen molar-refractivity contribution >= 4 is 5.97 Å². The van der Waals surface area contributed by atoms with Crippen LogP contribution in [-0.2, 0) is 19.3 Å². The molecule has 0 aliphatic heterocycles. The van der Waals surface area contributed by atoms with E-state index in [1.807, 2.05) is 27.7 Å². The molecule has 0 rings (SSSR count). The molecule has 0 N–H and O–H groups in total. The molecule has 0 saturated heterocycles. The molecule has 82 valence electrons. The Balaban J connectivity index is 3.56. The molecule has 0 saturated carbocycles. The average Bonchev–Trinajstić information content (AvgIpc) is 2.09. The molecular weight excluding hydrogens is 184 g/mol. The van der Waals surface area contributed by atoms with Crippen LogP contribution < -0.4 is 0 Å². The van der Waals surface area contributed by atoms with Gasteiger partial charge in [0.1, 0.15) is 0 Å². The van der Waals surface area contributed by atoms with Crippen molar-refractivity contribution in [2.75, 3.05) is 6.79 Å². The number of hydrogen-bond acceptors (Lipinski definition) is 4. The number of ether oxygens (including phenoxy) is 1. The molecule has 4 nitrogen and oxygen atoms in total. The van der Waals surface area contributed by atoms with Gasteiger partial charge >= 0.3 is 5.97 Å². The first kappa shape index (κ1) is 13.1. The van der Waals surface area contributed by atoms with E-state index in [-0.39, 0.29) is 6.79 Å². The second-order valence-electron chi connectivity index (χ2n) is 3.82. The van der Waals surface area contributed by atoms with Crippen LogP contribution in [0.25, 0.3) is 0 Å². The molecule has 0 fully saturated rings. The van der Waals surface area contributed by atoms with Crippen LogP contribution in [0.2, 0.25) is 0 Å². The highest BCUT2D eigenvalue weighted by atomic mass is 17.2. The summed E-state index contributed by atoms with van der Waals surface area (Å²) in [5, 5.41) is 0. The van der Waals surface area contributed by atoms with Crippen molar-refractivity contribution in [1.29, 1.82) is 0 Å². The molecule has 0 radical (unpaired) electrons. The van der Waals surface area contributed by atoms with Crippen LogP contribution in [-0.4, -0.2) is 18.4 Å². The van der Waals surface area contributed by atoms with Gasteiger partial charge in [-0.15, -0.1) is 0 Å². The fourth-order valence-electron chi connectivity index (χ4n) is 0.525. The summed E-state index contributed by atoms with van der Waals surface area (Å²) in [5.74, 6) is -0.454. The van der Waals surface area contributed by atoms with Crippen LogP contribution in [0.5, 0.6) is 0 Å². The van der Waals surface area contributed by atoms with Gasteiger partial charge in [-0.2, -0.15) is 4.89 Å². The number of carbonyl (C=O) groups is 1. The van der Waals surface area contributed by atoms with Crippen molar-refractivity contribution in [3.8, 4) is 0 Å². The number of rotatable bonds is 5. The lowest BCUT2D eigenvalue weighted by Crippen LogP contribution is -2.21. The molecule has 0 spiro atoms. The molecular formula is C10H18O4. The van der Waals surface area contributed by atoms with Gasteiger partial charge < -0.3 is 4.74 Å². The number of esters is 1. The maximum Gasteiger partial charge on any atom is 0.335 e. The Labute approximate surface area is 84.8 Å². The van der Waals surface area contributed by atoms with Gasteiger partial charge in [0.2, 0.25) is 6.79 Å². The predicted molar refractivity (Wildman–Crippen MR) is 52.3 cm³/mol. The standard InChI is InChI=1S/C10H18O4/c1-6-8(2)9(11)12-7-13-14-10(3,4)5/h2,6-7H2,1,3-5H3. The van der Waals surface area contributed by atoms with Gasteiger partial charge in [0.15, 0.2) is 0 Å². The monoisotopic (exact) mass is 202 g/mol. The first-order chi connectivity index (χ1) is 6.37. The summed E-state index contributed by atoms with van der Waals surface area (Å²) in [7, 11) is 0. The fraction of sp³-hybridized carbons (Fsp3) is 0.700. The van der Waals surface area contributed by atoms with E-state index in [2.05, 4.69) is 11.5 Å². The summed E-state index contributed by atoms with van der Waals surface area (Å²) in [5.41, 5.74) is 0.0121. The molecule has 0 amide bonds. The summed E-state index contributed by atoms with van der Waals surface area (Å²) in [6.45, 7) is 10.6. The Hall–Kier alpha value is -0.870. The zero-order chi connectivity index (χ0) is 11.2. The van der Waals surface area contributed by atoms with E-state index in [9.17, 15) is 4.79 Å². The highest BCUT2D eigenvalue weighted by Crippen LogP contribution is 2.07. The smallest absolute Gasteiger partial charge is 0.335 e. The molecule has 0 aromatic carbocycles. The Morgan fingerprint density at radius 3 is 2.36 bits per heavy atom. The lowest BCUT2D eigenvalue weighted by atomic mass is 10.2. The Morgan fingerprint density at radius 1 is 1.36 bits per heavy atom. The van der Waals surface area contributed by atoms with Gasteiger partial charge in [0.25, 0.3) is 0 Å². The topological polar surface area (TPSA) is 44.8 Å². The summed E-state index contributed by atoms with van der Waals surface area (Å²) in [6, 6.07) is 0. The molecule has 0 atom stereocenters. The zero-order valence-corrected chi connectivity index (χ0v) is 9.25. The van der Waals surface area contributed by atoms with Gasteiger partial charge in [-0.05, 0) is 27.2 Å². The summed E-state index contributed by atoms with van der Waals surface area (Å²) in [4.78, 5) is 20.6. The quantitative estimate of drug-likeness (QED) is 0.171. The van der Waals surface area contributed by atoms with E-state index in [0.29, 0.717) is 12.0 Å². The molecule has 0 aliphatic carbocycles. The maximum atomic E-state index is 11.0. The molecule has 0 aliphatic rings. The summed E-state index contributed by atoms with van der Waals surface area (Å²) in [6.07, 6.45) is 0.568. The van der Waals surface area contributed by atoms with E-state index in [1.165, 1.54) is 0 Å². The van der Waals surface area contributed by atoms with Gasteiger partial charge in [0, 0.05) is 5.57 Å². The molecule has 4 heteroatoms. The van der Waals surface area contributed by atoms with Gasteiger partial charge in [-0.3, -0.25) is 0 Å². The van der Waals surface area contributed by atoms with Crippen LogP contribution in [0.1, 0.15) is 34.1 Å². The predicted octanol–water partition coefficient (Wildman–Crippen LogP) is 2.20. The maximum absolute atomic E-state index is 11.0. The van der Waals surface area contributed by atoms with Crippen LogP contribution in [0, 0.1) is 0 Å². The van der Waals surface area contributed by atoms with E-state index >= 15 is 0 Å².